The van der Waals surface area contributed by atoms with Crippen LogP contribution in [-0.2, 0) is 16.1 Å². The molecule has 4 aromatic carbocycles. The van der Waals surface area contributed by atoms with Crippen LogP contribution in [0.2, 0.25) is 0 Å². The van der Waals surface area contributed by atoms with Crippen LogP contribution in [0.4, 0.5) is 15.8 Å². The fraction of sp³-hybridized carbons (Fsp3) is 0.231. The molecule has 234 valence electrons. The fourth-order valence-electron chi connectivity index (χ4n) is 4.40. The van der Waals surface area contributed by atoms with Gasteiger partial charge in [-0.25, -0.2) is 4.39 Å². The molecule has 1 N–H and O–H groups in total. The molecule has 0 bridgehead atoms. The van der Waals surface area contributed by atoms with Gasteiger partial charge in [0.1, 0.15) is 18.2 Å². The molecule has 0 aromatic heterocycles. The fourth-order valence-corrected chi connectivity index (χ4v) is 4.40. The number of amides is 1. The minimum atomic E-state index is -0.580. The van der Waals surface area contributed by atoms with Gasteiger partial charge in [0.15, 0.2) is 5.78 Å². The van der Waals surface area contributed by atoms with Gasteiger partial charge in [0.2, 0.25) is 0 Å². The Hall–Kier alpha value is -5.15. The number of rotatable bonds is 12. The lowest BCUT2D eigenvalue weighted by Crippen LogP contribution is -2.24. The minimum Gasteiger partial charge on any atom is -0.488 e. The predicted octanol–water partition coefficient (Wildman–Crippen LogP) is 9.18. The van der Waals surface area contributed by atoms with Crippen molar-refractivity contribution in [1.29, 1.82) is 0 Å². The van der Waals surface area contributed by atoms with E-state index in [1.807, 2.05) is 30.3 Å². The SMILES string of the molecule is C#C.CC(=O)/C(C)=C(/OCc1ccccc1)c1ccc(NC(=O)c2ccccc2F)cc1.CCCN(CCC)c1ccccc1. The highest BCUT2D eigenvalue weighted by Crippen LogP contribution is 2.24. The second kappa shape index (κ2) is 19.9. The molecule has 0 aliphatic heterocycles. The first-order chi connectivity index (χ1) is 21.8. The molecular formula is C39H43FN2O3. The van der Waals surface area contributed by atoms with E-state index in [2.05, 4.69) is 67.2 Å². The zero-order chi connectivity index (χ0) is 33.0. The summed E-state index contributed by atoms with van der Waals surface area (Å²) >= 11 is 0. The van der Waals surface area contributed by atoms with E-state index in [9.17, 15) is 14.0 Å². The van der Waals surface area contributed by atoms with E-state index in [1.165, 1.54) is 43.7 Å². The molecule has 4 rings (SSSR count). The summed E-state index contributed by atoms with van der Waals surface area (Å²) in [6.07, 6.45) is 10.4. The number of ether oxygens (including phenoxy) is 1. The Morgan fingerprint density at radius 2 is 1.29 bits per heavy atom. The summed E-state index contributed by atoms with van der Waals surface area (Å²) in [5.74, 6) is -0.714. The molecule has 0 aliphatic rings. The maximum atomic E-state index is 13.8. The maximum Gasteiger partial charge on any atom is 0.258 e. The molecule has 5 nitrogen and oxygen atoms in total. The summed E-state index contributed by atoms with van der Waals surface area (Å²) in [4.78, 5) is 26.7. The van der Waals surface area contributed by atoms with Gasteiger partial charge in [-0.2, -0.15) is 0 Å². The number of allylic oxidation sites excluding steroid dienone is 1. The molecule has 0 heterocycles. The number of hydrogen-bond donors (Lipinski definition) is 1. The normalized spacial score (nSPS) is 10.6. The molecule has 0 unspecified atom stereocenters. The first-order valence-corrected chi connectivity index (χ1v) is 15.0. The second-order valence-electron chi connectivity index (χ2n) is 10.1. The molecule has 1 amide bonds. The van der Waals surface area contributed by atoms with Gasteiger partial charge in [0.25, 0.3) is 5.91 Å². The molecule has 0 atom stereocenters. The monoisotopic (exact) mass is 606 g/mol. The lowest BCUT2D eigenvalue weighted by molar-refractivity contribution is -0.113. The summed E-state index contributed by atoms with van der Waals surface area (Å²) in [5, 5.41) is 2.67. The third-order valence-electron chi connectivity index (χ3n) is 6.73. The van der Waals surface area contributed by atoms with E-state index in [1.54, 1.807) is 37.3 Å². The zero-order valence-corrected chi connectivity index (χ0v) is 26.6. The Morgan fingerprint density at radius 1 is 0.756 bits per heavy atom. The quantitative estimate of drug-likeness (QED) is 0.0993. The molecule has 6 heteroatoms. The largest absolute Gasteiger partial charge is 0.488 e. The number of benzene rings is 4. The molecule has 0 radical (unpaired) electrons. The van der Waals surface area contributed by atoms with E-state index < -0.39 is 11.7 Å². The van der Waals surface area contributed by atoms with Crippen molar-refractivity contribution in [2.75, 3.05) is 23.3 Å². The van der Waals surface area contributed by atoms with E-state index >= 15 is 0 Å². The molecule has 0 aliphatic carbocycles. The van der Waals surface area contributed by atoms with Gasteiger partial charge in [0.05, 0.1) is 5.56 Å². The topological polar surface area (TPSA) is 58.6 Å². The van der Waals surface area contributed by atoms with Crippen molar-refractivity contribution >= 4 is 28.8 Å². The van der Waals surface area contributed by atoms with Crippen molar-refractivity contribution in [3.05, 3.63) is 137 Å². The van der Waals surface area contributed by atoms with Crippen molar-refractivity contribution in [2.45, 2.75) is 47.1 Å². The standard InChI is InChI=1S/C25H22FNO3.C12H19N.C2H2/c1-17(18(2)28)24(30-16-19-8-4-3-5-9-19)20-12-14-21(15-13-20)27-25(29)22-10-6-7-11-23(22)26;1-3-10-13(11-4-2)12-8-6-5-7-9-12;1-2/h3-15H,16H2,1-2H3,(H,27,29);5-9H,3-4,10-11H2,1-2H3;1-2H/b24-17+;;. The number of anilines is 2. The molecule has 0 saturated heterocycles. The first kappa shape index (κ1) is 36.0. The lowest BCUT2D eigenvalue weighted by atomic mass is 10.1. The van der Waals surface area contributed by atoms with Crippen molar-refractivity contribution in [3.63, 3.8) is 0 Å². The molecular weight excluding hydrogens is 563 g/mol. The highest BCUT2D eigenvalue weighted by molar-refractivity contribution is 6.04. The van der Waals surface area contributed by atoms with Crippen molar-refractivity contribution in [2.24, 2.45) is 0 Å². The Balaban J connectivity index is 0.000000393. The molecule has 0 fully saturated rings. The number of nitrogens with one attached hydrogen (secondary N) is 1. The Morgan fingerprint density at radius 3 is 1.82 bits per heavy atom. The number of carbonyl (C=O) groups excluding carboxylic acids is 2. The molecule has 0 spiro atoms. The van der Waals surface area contributed by atoms with E-state index in [0.29, 0.717) is 29.2 Å². The Bertz CT molecular complexity index is 1510. The van der Waals surface area contributed by atoms with Crippen LogP contribution in [0, 0.1) is 18.7 Å². The average molecular weight is 607 g/mol. The number of Topliss-reactive ketones (excluding diaryl/α,β-unsaturated/α-hetero) is 1. The summed E-state index contributed by atoms with van der Waals surface area (Å²) < 4.78 is 19.8. The lowest BCUT2D eigenvalue weighted by Gasteiger charge is -2.23. The molecule has 45 heavy (non-hydrogen) atoms. The van der Waals surface area contributed by atoms with Gasteiger partial charge >= 0.3 is 0 Å². The summed E-state index contributed by atoms with van der Waals surface area (Å²) in [7, 11) is 0. The van der Waals surface area contributed by atoms with Gasteiger partial charge in [0, 0.05) is 35.6 Å². The average Bonchev–Trinajstić information content (AvgIpc) is 3.07. The number of carbonyl (C=O) groups is 2. The highest BCUT2D eigenvalue weighted by Gasteiger charge is 2.14. The van der Waals surface area contributed by atoms with E-state index in [4.69, 9.17) is 4.74 Å². The van der Waals surface area contributed by atoms with Crippen LogP contribution in [0.1, 0.15) is 62.0 Å². The first-order valence-electron chi connectivity index (χ1n) is 15.0. The maximum absolute atomic E-state index is 13.8. The number of para-hydroxylation sites is 1. The van der Waals surface area contributed by atoms with Crippen LogP contribution < -0.4 is 10.2 Å². The van der Waals surface area contributed by atoms with Crippen molar-refractivity contribution in [1.82, 2.24) is 0 Å². The summed E-state index contributed by atoms with van der Waals surface area (Å²) in [6.45, 7) is 10.3. The van der Waals surface area contributed by atoms with Crippen LogP contribution >= 0.6 is 0 Å². The second-order valence-corrected chi connectivity index (χ2v) is 10.1. The number of nitrogens with zero attached hydrogens (tertiary/aromatic N) is 1. The highest BCUT2D eigenvalue weighted by atomic mass is 19.1. The third kappa shape index (κ3) is 11.8. The van der Waals surface area contributed by atoms with Crippen LogP contribution in [0.25, 0.3) is 5.76 Å². The van der Waals surface area contributed by atoms with E-state index in [0.717, 1.165) is 18.7 Å². The summed E-state index contributed by atoms with van der Waals surface area (Å²) in [5.41, 5.74) is 4.04. The number of terminal acetylenes is 1. The van der Waals surface area contributed by atoms with Crippen LogP contribution in [0.3, 0.4) is 0 Å². The van der Waals surface area contributed by atoms with Gasteiger partial charge in [-0.15, -0.1) is 12.8 Å². The van der Waals surface area contributed by atoms with Gasteiger partial charge in [-0.3, -0.25) is 9.59 Å². The van der Waals surface area contributed by atoms with Crippen molar-refractivity contribution < 1.29 is 18.7 Å². The van der Waals surface area contributed by atoms with Gasteiger partial charge < -0.3 is 15.0 Å². The van der Waals surface area contributed by atoms with Crippen LogP contribution in [-0.4, -0.2) is 24.8 Å². The minimum absolute atomic E-state index is 0.0271. The molecule has 4 aromatic rings. The van der Waals surface area contributed by atoms with Crippen molar-refractivity contribution in [3.8, 4) is 12.8 Å². The zero-order valence-electron chi connectivity index (χ0n) is 26.6. The third-order valence-corrected chi connectivity index (χ3v) is 6.73. The number of ketones is 1. The van der Waals surface area contributed by atoms with Gasteiger partial charge in [-0.05, 0) is 80.8 Å². The van der Waals surface area contributed by atoms with Gasteiger partial charge in [-0.1, -0.05) is 74.5 Å². The number of hydrogen-bond acceptors (Lipinski definition) is 4. The Kier molecular flexibility index (Phi) is 16.0. The van der Waals surface area contributed by atoms with Crippen LogP contribution in [0.5, 0.6) is 0 Å². The van der Waals surface area contributed by atoms with E-state index in [-0.39, 0.29) is 11.3 Å². The number of halogens is 1. The Labute approximate surface area is 267 Å². The molecule has 0 saturated carbocycles. The predicted molar refractivity (Wildman–Crippen MR) is 184 cm³/mol. The van der Waals surface area contributed by atoms with Crippen LogP contribution in [0.15, 0.2) is 115 Å². The summed E-state index contributed by atoms with van der Waals surface area (Å²) in [6, 6.07) is 33.0. The smallest absolute Gasteiger partial charge is 0.258 e.